The molecule has 0 aliphatic carbocycles. The molecule has 0 spiro atoms. The lowest BCUT2D eigenvalue weighted by Gasteiger charge is -2.36. The van der Waals surface area contributed by atoms with Crippen LogP contribution in [-0.4, -0.2) is 33.6 Å². The summed E-state index contributed by atoms with van der Waals surface area (Å²) in [7, 11) is 0. The standard InChI is InChI=1S/C14H24N4S/c1-9(2)14-16-6-13(12(5-15)17-14)18-7-10(3)19-11(4)8-18/h6,9-11H,5,7-8,15H2,1-4H3. The lowest BCUT2D eigenvalue weighted by molar-refractivity contribution is 0.704. The van der Waals surface area contributed by atoms with Gasteiger partial charge in [-0.2, -0.15) is 11.8 Å². The normalized spacial score (nSPS) is 24.0. The molecule has 106 valence electrons. The monoisotopic (exact) mass is 280 g/mol. The molecule has 1 aliphatic rings. The smallest absolute Gasteiger partial charge is 0.131 e. The molecule has 0 aromatic carbocycles. The van der Waals surface area contributed by atoms with Gasteiger partial charge >= 0.3 is 0 Å². The molecule has 0 amide bonds. The van der Waals surface area contributed by atoms with Gasteiger partial charge in [-0.1, -0.05) is 27.7 Å². The molecule has 2 rings (SSSR count). The summed E-state index contributed by atoms with van der Waals surface area (Å²) in [6.45, 7) is 11.3. The molecule has 1 fully saturated rings. The minimum Gasteiger partial charge on any atom is -0.367 e. The van der Waals surface area contributed by atoms with Crippen LogP contribution in [0.1, 0.15) is 45.1 Å². The third-order valence-electron chi connectivity index (χ3n) is 3.33. The van der Waals surface area contributed by atoms with Gasteiger partial charge in [-0.15, -0.1) is 0 Å². The Hall–Kier alpha value is -0.810. The Morgan fingerprint density at radius 2 is 2.00 bits per heavy atom. The Kier molecular flexibility index (Phi) is 4.68. The van der Waals surface area contributed by atoms with Crippen molar-refractivity contribution in [1.82, 2.24) is 9.97 Å². The summed E-state index contributed by atoms with van der Waals surface area (Å²) in [5.74, 6) is 1.23. The van der Waals surface area contributed by atoms with Gasteiger partial charge in [-0.05, 0) is 0 Å². The van der Waals surface area contributed by atoms with E-state index in [2.05, 4.69) is 42.6 Å². The van der Waals surface area contributed by atoms with E-state index in [1.807, 2.05) is 18.0 Å². The molecule has 0 saturated carbocycles. The number of rotatable bonds is 3. The highest BCUT2D eigenvalue weighted by Gasteiger charge is 2.24. The fraction of sp³-hybridized carbons (Fsp3) is 0.714. The quantitative estimate of drug-likeness (QED) is 0.921. The highest BCUT2D eigenvalue weighted by molar-refractivity contribution is 8.00. The van der Waals surface area contributed by atoms with Gasteiger partial charge < -0.3 is 10.6 Å². The largest absolute Gasteiger partial charge is 0.367 e. The van der Waals surface area contributed by atoms with Gasteiger partial charge in [0.25, 0.3) is 0 Å². The second-order valence-electron chi connectivity index (χ2n) is 5.58. The SMILES string of the molecule is CC1CN(c2cnc(C(C)C)nc2CN)CC(C)S1. The minimum absolute atomic E-state index is 0.342. The molecule has 1 aromatic heterocycles. The Labute approximate surface area is 120 Å². The fourth-order valence-corrected chi connectivity index (χ4v) is 3.82. The molecular formula is C14H24N4S. The number of aromatic nitrogens is 2. The van der Waals surface area contributed by atoms with E-state index in [4.69, 9.17) is 5.73 Å². The molecule has 1 aromatic rings. The topological polar surface area (TPSA) is 55.0 Å². The van der Waals surface area contributed by atoms with Crippen molar-refractivity contribution in [2.45, 2.75) is 50.7 Å². The molecule has 5 heteroatoms. The van der Waals surface area contributed by atoms with Crippen molar-refractivity contribution < 1.29 is 0 Å². The third kappa shape index (κ3) is 3.39. The van der Waals surface area contributed by atoms with E-state index in [-0.39, 0.29) is 0 Å². The molecular weight excluding hydrogens is 256 g/mol. The highest BCUT2D eigenvalue weighted by atomic mass is 32.2. The number of hydrogen-bond donors (Lipinski definition) is 1. The maximum absolute atomic E-state index is 5.87. The van der Waals surface area contributed by atoms with Crippen LogP contribution in [0.25, 0.3) is 0 Å². The van der Waals surface area contributed by atoms with Gasteiger partial charge in [0, 0.05) is 36.1 Å². The van der Waals surface area contributed by atoms with E-state index in [0.717, 1.165) is 30.3 Å². The number of hydrogen-bond acceptors (Lipinski definition) is 5. The summed E-state index contributed by atoms with van der Waals surface area (Å²) in [5, 5.41) is 1.28. The molecule has 2 N–H and O–H groups in total. The maximum Gasteiger partial charge on any atom is 0.131 e. The first-order valence-electron chi connectivity index (χ1n) is 6.97. The highest BCUT2D eigenvalue weighted by Crippen LogP contribution is 2.30. The average molecular weight is 280 g/mol. The van der Waals surface area contributed by atoms with E-state index in [1.54, 1.807) is 0 Å². The molecule has 1 aliphatic heterocycles. The molecule has 4 nitrogen and oxygen atoms in total. The van der Waals surface area contributed by atoms with Crippen LogP contribution in [0, 0.1) is 0 Å². The predicted octanol–water partition coefficient (Wildman–Crippen LogP) is 2.39. The van der Waals surface area contributed by atoms with Crippen LogP contribution in [0.5, 0.6) is 0 Å². The first-order chi connectivity index (χ1) is 9.01. The summed E-state index contributed by atoms with van der Waals surface area (Å²) in [4.78, 5) is 11.5. The van der Waals surface area contributed by atoms with Crippen LogP contribution in [0.3, 0.4) is 0 Å². The summed E-state index contributed by atoms with van der Waals surface area (Å²) in [6, 6.07) is 0. The first kappa shape index (κ1) is 14.6. The van der Waals surface area contributed by atoms with Crippen molar-refractivity contribution in [1.29, 1.82) is 0 Å². The summed E-state index contributed by atoms with van der Waals surface area (Å²) in [6.07, 6.45) is 1.96. The molecule has 2 unspecified atom stereocenters. The van der Waals surface area contributed by atoms with Crippen molar-refractivity contribution in [3.63, 3.8) is 0 Å². The molecule has 1 saturated heterocycles. The molecule has 2 heterocycles. The van der Waals surface area contributed by atoms with E-state index in [1.165, 1.54) is 0 Å². The van der Waals surface area contributed by atoms with Crippen LogP contribution in [0.4, 0.5) is 5.69 Å². The minimum atomic E-state index is 0.342. The Morgan fingerprint density at radius 3 is 2.53 bits per heavy atom. The van der Waals surface area contributed by atoms with Crippen LogP contribution in [0.2, 0.25) is 0 Å². The third-order valence-corrected chi connectivity index (χ3v) is 4.56. The van der Waals surface area contributed by atoms with Crippen LogP contribution in [-0.2, 0) is 6.54 Å². The predicted molar refractivity (Wildman–Crippen MR) is 82.7 cm³/mol. The van der Waals surface area contributed by atoms with Crippen LogP contribution < -0.4 is 10.6 Å². The maximum atomic E-state index is 5.87. The lowest BCUT2D eigenvalue weighted by atomic mass is 10.2. The first-order valence-corrected chi connectivity index (χ1v) is 7.91. The van der Waals surface area contributed by atoms with Gasteiger partial charge in [0.1, 0.15) is 5.82 Å². The summed E-state index contributed by atoms with van der Waals surface area (Å²) in [5.41, 5.74) is 7.97. The van der Waals surface area contributed by atoms with Gasteiger partial charge in [-0.3, -0.25) is 0 Å². The zero-order chi connectivity index (χ0) is 14.0. The zero-order valence-electron chi connectivity index (χ0n) is 12.3. The second kappa shape index (κ2) is 6.09. The Balaban J connectivity index is 2.28. The Morgan fingerprint density at radius 1 is 1.37 bits per heavy atom. The van der Waals surface area contributed by atoms with E-state index >= 15 is 0 Å². The number of nitrogens with zero attached hydrogens (tertiary/aromatic N) is 3. The van der Waals surface area contributed by atoms with Gasteiger partial charge in [0.05, 0.1) is 17.6 Å². The van der Waals surface area contributed by atoms with E-state index < -0.39 is 0 Å². The fourth-order valence-electron chi connectivity index (χ4n) is 2.49. The second-order valence-corrected chi connectivity index (χ2v) is 7.46. The molecule has 0 radical (unpaired) electrons. The van der Waals surface area contributed by atoms with Crippen molar-refractivity contribution in [3.8, 4) is 0 Å². The summed E-state index contributed by atoms with van der Waals surface area (Å²) >= 11 is 2.05. The molecule has 19 heavy (non-hydrogen) atoms. The van der Waals surface area contributed by atoms with Crippen molar-refractivity contribution in [2.24, 2.45) is 5.73 Å². The number of anilines is 1. The van der Waals surface area contributed by atoms with E-state index in [9.17, 15) is 0 Å². The lowest BCUT2D eigenvalue weighted by Crippen LogP contribution is -2.41. The van der Waals surface area contributed by atoms with Crippen LogP contribution >= 0.6 is 11.8 Å². The molecule has 2 atom stereocenters. The van der Waals surface area contributed by atoms with Crippen molar-refractivity contribution in [3.05, 3.63) is 17.7 Å². The van der Waals surface area contributed by atoms with Gasteiger partial charge in [0.15, 0.2) is 0 Å². The summed E-state index contributed by atoms with van der Waals surface area (Å²) < 4.78 is 0. The molecule has 0 bridgehead atoms. The van der Waals surface area contributed by atoms with Gasteiger partial charge in [0.2, 0.25) is 0 Å². The van der Waals surface area contributed by atoms with Crippen molar-refractivity contribution >= 4 is 17.4 Å². The van der Waals surface area contributed by atoms with Crippen molar-refractivity contribution in [2.75, 3.05) is 18.0 Å². The average Bonchev–Trinajstić information content (AvgIpc) is 2.36. The van der Waals surface area contributed by atoms with Gasteiger partial charge in [-0.25, -0.2) is 9.97 Å². The Bertz CT molecular complexity index is 425. The zero-order valence-corrected chi connectivity index (χ0v) is 13.1. The number of nitrogens with two attached hydrogens (primary N) is 1. The van der Waals surface area contributed by atoms with Crippen LogP contribution in [0.15, 0.2) is 6.20 Å². The van der Waals surface area contributed by atoms with E-state index in [0.29, 0.717) is 23.0 Å². The number of thioether (sulfide) groups is 1.